The molecule has 0 saturated carbocycles. The number of benzene rings is 1. The maximum atomic E-state index is 2.44. The van der Waals surface area contributed by atoms with Crippen molar-refractivity contribution in [1.82, 2.24) is 0 Å². The molecule has 2 aliphatic rings. The summed E-state index contributed by atoms with van der Waals surface area (Å²) in [7, 11) is 0. The molecule has 0 amide bonds. The van der Waals surface area contributed by atoms with Gasteiger partial charge in [-0.1, -0.05) is 44.2 Å². The summed E-state index contributed by atoms with van der Waals surface area (Å²) in [5, 5.41) is 0. The van der Waals surface area contributed by atoms with Crippen LogP contribution in [0.2, 0.25) is 0 Å². The van der Waals surface area contributed by atoms with Crippen molar-refractivity contribution >= 4 is 0 Å². The second kappa shape index (κ2) is 2.98. The fourth-order valence-corrected chi connectivity index (χ4v) is 3.60. The van der Waals surface area contributed by atoms with Crippen LogP contribution in [0.3, 0.4) is 0 Å². The highest BCUT2D eigenvalue weighted by Crippen LogP contribution is 2.56. The summed E-state index contributed by atoms with van der Waals surface area (Å²) in [5.41, 5.74) is 4.71. The number of fused-ring (bicyclic) bond motifs is 5. The van der Waals surface area contributed by atoms with E-state index in [1.54, 1.807) is 11.1 Å². The smallest absolute Gasteiger partial charge is 0.00633 e. The molecule has 2 aliphatic carbocycles. The molecule has 78 valence electrons. The Hall–Kier alpha value is -1.04. The van der Waals surface area contributed by atoms with E-state index < -0.39 is 0 Å². The average Bonchev–Trinajstić information content (AvgIpc) is 2.73. The minimum Gasteiger partial charge on any atom is -0.0801 e. The Morgan fingerprint density at radius 2 is 1.80 bits per heavy atom. The average molecular weight is 198 g/mol. The lowest BCUT2D eigenvalue weighted by molar-refractivity contribution is 0.366. The van der Waals surface area contributed by atoms with E-state index in [0.29, 0.717) is 11.8 Å². The molecular formula is C15H18. The Labute approximate surface area is 92.0 Å². The van der Waals surface area contributed by atoms with Gasteiger partial charge < -0.3 is 0 Å². The van der Waals surface area contributed by atoms with Gasteiger partial charge in [0.15, 0.2) is 0 Å². The second-order valence-electron chi connectivity index (χ2n) is 5.34. The second-order valence-corrected chi connectivity index (χ2v) is 5.34. The summed E-state index contributed by atoms with van der Waals surface area (Å²) < 4.78 is 0. The van der Waals surface area contributed by atoms with Gasteiger partial charge in [0, 0.05) is 11.8 Å². The van der Waals surface area contributed by atoms with E-state index in [-0.39, 0.29) is 0 Å². The third-order valence-electron chi connectivity index (χ3n) is 4.18. The monoisotopic (exact) mass is 198 g/mol. The molecular weight excluding hydrogens is 180 g/mol. The van der Waals surface area contributed by atoms with Gasteiger partial charge in [0.05, 0.1) is 0 Å². The van der Waals surface area contributed by atoms with Crippen LogP contribution in [-0.2, 0) is 0 Å². The Bertz CT molecular complexity index is 426. The normalized spacial score (nSPS) is 31.3. The molecule has 0 fully saturated rings. The van der Waals surface area contributed by atoms with E-state index in [1.807, 2.05) is 0 Å². The van der Waals surface area contributed by atoms with Crippen LogP contribution in [0.25, 0.3) is 0 Å². The topological polar surface area (TPSA) is 0 Å². The summed E-state index contributed by atoms with van der Waals surface area (Å²) in [6.45, 7) is 6.97. The van der Waals surface area contributed by atoms with Crippen LogP contribution in [-0.4, -0.2) is 0 Å². The number of hydrogen-bond acceptors (Lipinski definition) is 0. The number of rotatable bonds is 1. The van der Waals surface area contributed by atoms with Gasteiger partial charge in [-0.15, -0.1) is 0 Å². The zero-order chi connectivity index (χ0) is 10.6. The van der Waals surface area contributed by atoms with Crippen LogP contribution in [0.15, 0.2) is 30.4 Å². The minimum absolute atomic E-state index is 0.699. The molecule has 3 atom stereocenters. The highest BCUT2D eigenvalue weighted by atomic mass is 14.5. The van der Waals surface area contributed by atoms with Gasteiger partial charge in [-0.25, -0.2) is 0 Å². The molecule has 0 aromatic heterocycles. The molecule has 0 nitrogen and oxygen atoms in total. The molecule has 0 N–H and O–H groups in total. The lowest BCUT2D eigenvalue weighted by Gasteiger charge is -2.20. The highest BCUT2D eigenvalue weighted by Gasteiger charge is 2.43. The van der Waals surface area contributed by atoms with Crippen molar-refractivity contribution in [1.29, 1.82) is 0 Å². The van der Waals surface area contributed by atoms with Crippen LogP contribution >= 0.6 is 0 Å². The van der Waals surface area contributed by atoms with Gasteiger partial charge >= 0.3 is 0 Å². The van der Waals surface area contributed by atoms with Gasteiger partial charge in [-0.3, -0.25) is 0 Å². The maximum Gasteiger partial charge on any atom is 0.00633 e. The lowest BCUT2D eigenvalue weighted by Crippen LogP contribution is -2.12. The maximum absolute atomic E-state index is 2.44. The quantitative estimate of drug-likeness (QED) is 0.598. The van der Waals surface area contributed by atoms with Gasteiger partial charge in [0.2, 0.25) is 0 Å². The predicted octanol–water partition coefficient (Wildman–Crippen LogP) is 4.02. The fourth-order valence-electron chi connectivity index (χ4n) is 3.60. The van der Waals surface area contributed by atoms with Gasteiger partial charge in [0.1, 0.15) is 0 Å². The fraction of sp³-hybridized carbons (Fsp3) is 0.467. The standard InChI is InChI=1S/C15H18/c1-9(2)14-12-7-8-13(14)15-10(3)5-4-6-11(12)15/h4-9,12-14H,1-3H3. The van der Waals surface area contributed by atoms with E-state index in [2.05, 4.69) is 51.1 Å². The zero-order valence-electron chi connectivity index (χ0n) is 9.70. The van der Waals surface area contributed by atoms with Crippen LogP contribution in [0.1, 0.15) is 42.4 Å². The number of allylic oxidation sites excluding steroid dienone is 2. The predicted molar refractivity (Wildman–Crippen MR) is 64.1 cm³/mol. The zero-order valence-corrected chi connectivity index (χ0v) is 9.70. The Kier molecular flexibility index (Phi) is 1.83. The van der Waals surface area contributed by atoms with Crippen molar-refractivity contribution in [2.45, 2.75) is 32.6 Å². The Balaban J connectivity index is 2.15. The first-order valence-corrected chi connectivity index (χ1v) is 5.98. The molecule has 2 bridgehead atoms. The molecule has 3 rings (SSSR count). The first kappa shape index (κ1) is 9.21. The number of aryl methyl sites for hydroxylation is 1. The van der Waals surface area contributed by atoms with Crippen molar-refractivity contribution in [3.05, 3.63) is 47.0 Å². The highest BCUT2D eigenvalue weighted by molar-refractivity contribution is 5.52. The summed E-state index contributed by atoms with van der Waals surface area (Å²) in [4.78, 5) is 0. The first-order chi connectivity index (χ1) is 7.20. The van der Waals surface area contributed by atoms with Crippen molar-refractivity contribution in [3.8, 4) is 0 Å². The van der Waals surface area contributed by atoms with Gasteiger partial charge in [-0.05, 0) is 35.4 Å². The largest absolute Gasteiger partial charge is 0.0801 e. The van der Waals surface area contributed by atoms with Crippen molar-refractivity contribution < 1.29 is 0 Å². The third kappa shape index (κ3) is 1.08. The van der Waals surface area contributed by atoms with Crippen molar-refractivity contribution in [2.24, 2.45) is 11.8 Å². The van der Waals surface area contributed by atoms with Crippen molar-refractivity contribution in [3.63, 3.8) is 0 Å². The summed E-state index contributed by atoms with van der Waals surface area (Å²) in [5.74, 6) is 3.00. The minimum atomic E-state index is 0.699. The van der Waals surface area contributed by atoms with E-state index in [4.69, 9.17) is 0 Å². The number of hydrogen-bond donors (Lipinski definition) is 0. The van der Waals surface area contributed by atoms with Crippen LogP contribution in [0, 0.1) is 18.8 Å². The Morgan fingerprint density at radius 3 is 2.47 bits per heavy atom. The molecule has 0 spiro atoms. The molecule has 0 heteroatoms. The summed E-state index contributed by atoms with van der Waals surface area (Å²) in [6.07, 6.45) is 4.86. The van der Waals surface area contributed by atoms with E-state index in [1.165, 1.54) is 5.56 Å². The molecule has 3 unspecified atom stereocenters. The molecule has 0 heterocycles. The lowest BCUT2D eigenvalue weighted by atomic mass is 9.83. The molecule has 0 radical (unpaired) electrons. The third-order valence-corrected chi connectivity index (χ3v) is 4.18. The van der Waals surface area contributed by atoms with Crippen LogP contribution in [0.4, 0.5) is 0 Å². The molecule has 15 heavy (non-hydrogen) atoms. The molecule has 1 aromatic carbocycles. The molecule has 0 saturated heterocycles. The SMILES string of the molecule is Cc1cccc2c1C1C=CC2C1C(C)C. The van der Waals surface area contributed by atoms with Gasteiger partial charge in [-0.2, -0.15) is 0 Å². The first-order valence-electron chi connectivity index (χ1n) is 5.98. The van der Waals surface area contributed by atoms with E-state index in [9.17, 15) is 0 Å². The molecule has 1 aromatic rings. The van der Waals surface area contributed by atoms with E-state index in [0.717, 1.165) is 11.8 Å². The van der Waals surface area contributed by atoms with Gasteiger partial charge in [0.25, 0.3) is 0 Å². The Morgan fingerprint density at radius 1 is 1.07 bits per heavy atom. The van der Waals surface area contributed by atoms with E-state index >= 15 is 0 Å². The van der Waals surface area contributed by atoms with Crippen LogP contribution in [0.5, 0.6) is 0 Å². The summed E-state index contributed by atoms with van der Waals surface area (Å²) in [6, 6.07) is 6.79. The molecule has 0 aliphatic heterocycles. The van der Waals surface area contributed by atoms with Crippen LogP contribution < -0.4 is 0 Å². The summed E-state index contributed by atoms with van der Waals surface area (Å²) >= 11 is 0. The van der Waals surface area contributed by atoms with Crippen molar-refractivity contribution in [2.75, 3.05) is 0 Å².